The third-order valence-electron chi connectivity index (χ3n) is 3.74. The van der Waals surface area contributed by atoms with Crippen molar-refractivity contribution in [3.63, 3.8) is 0 Å². The molecule has 1 fully saturated rings. The number of nitrogens with zero attached hydrogens (tertiary/aromatic N) is 1. The van der Waals surface area contributed by atoms with Gasteiger partial charge in [-0.25, -0.2) is 4.39 Å². The van der Waals surface area contributed by atoms with E-state index in [-0.39, 0.29) is 16.8 Å². The maximum absolute atomic E-state index is 12.9. The van der Waals surface area contributed by atoms with Gasteiger partial charge in [-0.1, -0.05) is 17.7 Å². The zero-order valence-corrected chi connectivity index (χ0v) is 14.0. The van der Waals surface area contributed by atoms with Crippen LogP contribution in [0.4, 0.5) is 4.39 Å². The highest BCUT2D eigenvalue weighted by molar-refractivity contribution is 7.86. The van der Waals surface area contributed by atoms with Crippen molar-refractivity contribution in [2.24, 2.45) is 0 Å². The van der Waals surface area contributed by atoms with Crippen molar-refractivity contribution >= 4 is 10.1 Å². The van der Waals surface area contributed by atoms with Gasteiger partial charge in [0, 0.05) is 13.0 Å². The quantitative estimate of drug-likeness (QED) is 0.829. The average molecular weight is 351 g/mol. The van der Waals surface area contributed by atoms with E-state index in [4.69, 9.17) is 9.02 Å². The Morgan fingerprint density at radius 3 is 2.42 bits per heavy atom. The number of rotatable bonds is 5. The lowest BCUT2D eigenvalue weighted by Crippen LogP contribution is -2.28. The van der Waals surface area contributed by atoms with E-state index in [0.717, 1.165) is 5.56 Å². The molecular weight excluding hydrogens is 333 g/mol. The highest BCUT2D eigenvalue weighted by atomic mass is 32.2. The smallest absolute Gasteiger partial charge is 0.313 e. The van der Waals surface area contributed by atoms with Crippen LogP contribution in [0.5, 0.6) is 5.75 Å². The standard InChI is InChI=1S/C17H18FNO4S/c1-13-2-8-17(9-3-13)24(20,21)23-19-11-10-16(12-19)22-15-6-4-14(18)5-7-15/h2-9,16H,10-12H2,1H3. The van der Waals surface area contributed by atoms with Crippen LogP contribution in [0.2, 0.25) is 0 Å². The van der Waals surface area contributed by atoms with Crippen LogP contribution < -0.4 is 4.74 Å². The highest BCUT2D eigenvalue weighted by Gasteiger charge is 2.29. The fourth-order valence-electron chi connectivity index (χ4n) is 2.45. The Kier molecular flexibility index (Phi) is 4.84. The molecule has 0 N–H and O–H groups in total. The van der Waals surface area contributed by atoms with Crippen LogP contribution in [0, 0.1) is 12.7 Å². The second-order valence-corrected chi connectivity index (χ2v) is 7.24. The van der Waals surface area contributed by atoms with E-state index in [0.29, 0.717) is 25.3 Å². The molecular formula is C17H18FNO4S. The highest BCUT2D eigenvalue weighted by Crippen LogP contribution is 2.22. The van der Waals surface area contributed by atoms with Crippen molar-refractivity contribution < 1.29 is 21.8 Å². The maximum Gasteiger partial charge on any atom is 0.313 e. The molecule has 7 heteroatoms. The molecule has 0 aliphatic carbocycles. The summed E-state index contributed by atoms with van der Waals surface area (Å²) in [4.78, 5) is 0.121. The van der Waals surface area contributed by atoms with Crippen molar-refractivity contribution in [3.05, 3.63) is 59.9 Å². The first-order chi connectivity index (χ1) is 11.4. The van der Waals surface area contributed by atoms with Gasteiger partial charge in [0.15, 0.2) is 0 Å². The molecule has 24 heavy (non-hydrogen) atoms. The lowest BCUT2D eigenvalue weighted by molar-refractivity contribution is -0.0351. The largest absolute Gasteiger partial charge is 0.489 e. The fraction of sp³-hybridized carbons (Fsp3) is 0.294. The van der Waals surface area contributed by atoms with Gasteiger partial charge < -0.3 is 4.74 Å². The Balaban J connectivity index is 1.59. The molecule has 0 saturated carbocycles. The number of benzene rings is 2. The predicted octanol–water partition coefficient (Wildman–Crippen LogP) is 2.91. The van der Waals surface area contributed by atoms with Crippen LogP contribution >= 0.6 is 0 Å². The molecule has 2 aromatic carbocycles. The predicted molar refractivity (Wildman–Crippen MR) is 86.5 cm³/mol. The molecule has 0 spiro atoms. The summed E-state index contributed by atoms with van der Waals surface area (Å²) < 4.78 is 48.3. The Hall–Kier alpha value is -1.96. The van der Waals surface area contributed by atoms with Crippen LogP contribution in [0.3, 0.4) is 0 Å². The minimum Gasteiger partial charge on any atom is -0.489 e. The molecule has 1 saturated heterocycles. The Morgan fingerprint density at radius 2 is 1.75 bits per heavy atom. The number of hydroxylamine groups is 2. The lowest BCUT2D eigenvalue weighted by Gasteiger charge is -2.16. The van der Waals surface area contributed by atoms with Crippen LogP contribution in [-0.4, -0.2) is 32.7 Å². The minimum atomic E-state index is -3.84. The first-order valence-corrected chi connectivity index (χ1v) is 9.02. The molecule has 1 atom stereocenters. The van der Waals surface area contributed by atoms with Gasteiger partial charge in [0.25, 0.3) is 0 Å². The van der Waals surface area contributed by atoms with Crippen molar-refractivity contribution in [2.75, 3.05) is 13.1 Å². The van der Waals surface area contributed by atoms with Gasteiger partial charge in [-0.15, -0.1) is 0 Å². The Labute approximate surface area is 140 Å². The summed E-state index contributed by atoms with van der Waals surface area (Å²) >= 11 is 0. The van der Waals surface area contributed by atoms with Gasteiger partial charge in [0.05, 0.1) is 11.4 Å². The van der Waals surface area contributed by atoms with E-state index in [1.165, 1.54) is 29.3 Å². The van der Waals surface area contributed by atoms with E-state index in [9.17, 15) is 12.8 Å². The number of halogens is 1. The van der Waals surface area contributed by atoms with Crippen LogP contribution in [0.15, 0.2) is 53.4 Å². The number of aryl methyl sites for hydroxylation is 1. The van der Waals surface area contributed by atoms with Crippen LogP contribution in [0.1, 0.15) is 12.0 Å². The molecule has 0 amide bonds. The average Bonchev–Trinajstić information content (AvgIpc) is 2.96. The number of ether oxygens (including phenoxy) is 1. The van der Waals surface area contributed by atoms with Crippen molar-refractivity contribution in [1.82, 2.24) is 5.06 Å². The number of hydrogen-bond acceptors (Lipinski definition) is 5. The molecule has 3 rings (SSSR count). The summed E-state index contributed by atoms with van der Waals surface area (Å²) in [6.07, 6.45) is 0.421. The fourth-order valence-corrected chi connectivity index (χ4v) is 3.42. The zero-order valence-electron chi connectivity index (χ0n) is 13.2. The van der Waals surface area contributed by atoms with Crippen molar-refractivity contribution in [3.8, 4) is 5.75 Å². The first-order valence-electron chi connectivity index (χ1n) is 7.61. The second kappa shape index (κ2) is 6.88. The zero-order chi connectivity index (χ0) is 17.2. The molecule has 1 aliphatic rings. The van der Waals surface area contributed by atoms with Gasteiger partial charge in [-0.3, -0.25) is 0 Å². The van der Waals surface area contributed by atoms with Gasteiger partial charge in [-0.05, 0) is 43.3 Å². The van der Waals surface area contributed by atoms with E-state index in [1.807, 2.05) is 6.92 Å². The molecule has 0 aromatic heterocycles. The van der Waals surface area contributed by atoms with Crippen molar-refractivity contribution in [1.29, 1.82) is 0 Å². The summed E-state index contributed by atoms with van der Waals surface area (Å²) in [6, 6.07) is 12.2. The first kappa shape index (κ1) is 16.9. The SMILES string of the molecule is Cc1ccc(S(=O)(=O)ON2CCC(Oc3ccc(F)cc3)C2)cc1. The second-order valence-electron chi connectivity index (χ2n) is 5.71. The van der Waals surface area contributed by atoms with Gasteiger partial charge in [0.2, 0.25) is 0 Å². The summed E-state index contributed by atoms with van der Waals surface area (Å²) in [5, 5.41) is 1.38. The summed E-state index contributed by atoms with van der Waals surface area (Å²) in [5.41, 5.74) is 0.975. The van der Waals surface area contributed by atoms with E-state index < -0.39 is 10.1 Å². The topological polar surface area (TPSA) is 55.8 Å². The molecule has 0 radical (unpaired) electrons. The summed E-state index contributed by atoms with van der Waals surface area (Å²) in [5.74, 6) is 0.215. The Morgan fingerprint density at radius 1 is 1.08 bits per heavy atom. The Bertz CT molecular complexity index is 790. The van der Waals surface area contributed by atoms with Crippen molar-refractivity contribution in [2.45, 2.75) is 24.3 Å². The molecule has 1 aliphatic heterocycles. The van der Waals surface area contributed by atoms with Gasteiger partial charge in [-0.2, -0.15) is 17.8 Å². The molecule has 128 valence electrons. The molecule has 1 heterocycles. The van der Waals surface area contributed by atoms with Gasteiger partial charge in [0.1, 0.15) is 17.7 Å². The lowest BCUT2D eigenvalue weighted by atomic mass is 10.2. The van der Waals surface area contributed by atoms with Gasteiger partial charge >= 0.3 is 10.1 Å². The third-order valence-corrected chi connectivity index (χ3v) is 4.99. The van der Waals surface area contributed by atoms with E-state index in [2.05, 4.69) is 0 Å². The number of hydrogen-bond donors (Lipinski definition) is 0. The monoisotopic (exact) mass is 351 g/mol. The molecule has 2 aromatic rings. The minimum absolute atomic E-state index is 0.121. The summed E-state index contributed by atoms with van der Waals surface area (Å²) in [6.45, 7) is 2.65. The molecule has 0 bridgehead atoms. The van der Waals surface area contributed by atoms with Crippen LogP contribution in [0.25, 0.3) is 0 Å². The molecule has 5 nitrogen and oxygen atoms in total. The normalized spacial score (nSPS) is 18.7. The third kappa shape index (κ3) is 4.11. The maximum atomic E-state index is 12.9. The summed E-state index contributed by atoms with van der Waals surface area (Å²) in [7, 11) is -3.84. The van der Waals surface area contributed by atoms with Crippen LogP contribution in [-0.2, 0) is 14.4 Å². The van der Waals surface area contributed by atoms with E-state index >= 15 is 0 Å². The van der Waals surface area contributed by atoms with E-state index in [1.54, 1.807) is 24.3 Å². The molecule has 1 unspecified atom stereocenters.